The number of imidazole rings is 1. The van der Waals surface area contributed by atoms with E-state index in [1.165, 1.54) is 5.82 Å². The largest absolute Gasteiger partial charge is 0.333 e. The minimum Gasteiger partial charge on any atom is -0.333 e. The molecule has 4 heteroatoms. The first kappa shape index (κ1) is 11.1. The molecule has 0 aliphatic carbocycles. The highest BCUT2D eigenvalue weighted by molar-refractivity contribution is 9.09. The van der Waals surface area contributed by atoms with E-state index >= 15 is 0 Å². The van der Waals surface area contributed by atoms with Crippen LogP contribution in [-0.4, -0.2) is 32.9 Å². The summed E-state index contributed by atoms with van der Waals surface area (Å²) in [6.45, 7) is 8.92. The third-order valence-corrected chi connectivity index (χ3v) is 4.36. The first-order valence-electron chi connectivity index (χ1n) is 5.39. The lowest BCUT2D eigenvalue weighted by Crippen LogP contribution is -2.40. The molecule has 84 valence electrons. The molecule has 0 N–H and O–H groups in total. The van der Waals surface area contributed by atoms with E-state index < -0.39 is 0 Å². The van der Waals surface area contributed by atoms with Gasteiger partial charge in [0.2, 0.25) is 0 Å². The van der Waals surface area contributed by atoms with Crippen LogP contribution in [0.15, 0.2) is 12.4 Å². The maximum atomic E-state index is 4.37. The lowest BCUT2D eigenvalue weighted by molar-refractivity contribution is 0.158. The second-order valence-electron chi connectivity index (χ2n) is 5.05. The van der Waals surface area contributed by atoms with E-state index in [4.69, 9.17) is 0 Å². The van der Waals surface area contributed by atoms with Gasteiger partial charge in [-0.3, -0.25) is 4.90 Å². The van der Waals surface area contributed by atoms with Gasteiger partial charge < -0.3 is 4.57 Å². The van der Waals surface area contributed by atoms with Crippen molar-refractivity contribution in [1.82, 2.24) is 14.5 Å². The number of aromatic nitrogens is 2. The van der Waals surface area contributed by atoms with Crippen molar-refractivity contribution in [2.75, 3.05) is 18.4 Å². The molecule has 0 bridgehead atoms. The molecule has 3 nitrogen and oxygen atoms in total. The highest BCUT2D eigenvalue weighted by atomic mass is 79.9. The molecular weight excluding hydrogens is 254 g/mol. The summed E-state index contributed by atoms with van der Waals surface area (Å²) in [5, 5.41) is 1.05. The van der Waals surface area contributed by atoms with E-state index in [-0.39, 0.29) is 0 Å². The fourth-order valence-electron chi connectivity index (χ4n) is 2.01. The van der Waals surface area contributed by atoms with Crippen LogP contribution in [0.25, 0.3) is 0 Å². The number of nitrogens with zero attached hydrogens (tertiary/aromatic N) is 3. The Morgan fingerprint density at radius 3 is 3.00 bits per heavy atom. The second-order valence-corrected chi connectivity index (χ2v) is 5.61. The van der Waals surface area contributed by atoms with Crippen LogP contribution in [-0.2, 0) is 13.1 Å². The van der Waals surface area contributed by atoms with Gasteiger partial charge in [0.1, 0.15) is 5.82 Å². The van der Waals surface area contributed by atoms with Crippen molar-refractivity contribution in [1.29, 1.82) is 0 Å². The first-order valence-corrected chi connectivity index (χ1v) is 6.51. The van der Waals surface area contributed by atoms with Crippen LogP contribution < -0.4 is 0 Å². The van der Waals surface area contributed by atoms with Crippen molar-refractivity contribution in [3.05, 3.63) is 18.2 Å². The Hall–Kier alpha value is -0.350. The van der Waals surface area contributed by atoms with Crippen LogP contribution in [0.1, 0.15) is 19.7 Å². The SMILES string of the molecule is CC(C)(CBr)CN1CCn2ccnc2C1. The van der Waals surface area contributed by atoms with Crippen LogP contribution in [0.2, 0.25) is 0 Å². The standard InChI is InChI=1S/C11H18BrN3/c1-11(2,8-12)9-14-5-6-15-4-3-13-10(15)7-14/h3-4H,5-9H2,1-2H3. The third kappa shape index (κ3) is 2.61. The van der Waals surface area contributed by atoms with Gasteiger partial charge in [-0.25, -0.2) is 4.98 Å². The molecule has 0 saturated heterocycles. The molecule has 0 fully saturated rings. The number of halogens is 1. The quantitative estimate of drug-likeness (QED) is 0.786. The van der Waals surface area contributed by atoms with Crippen LogP contribution >= 0.6 is 15.9 Å². The highest BCUT2D eigenvalue weighted by Gasteiger charge is 2.23. The number of alkyl halides is 1. The smallest absolute Gasteiger partial charge is 0.122 e. The van der Waals surface area contributed by atoms with Gasteiger partial charge in [0, 0.05) is 37.4 Å². The number of hydrogen-bond donors (Lipinski definition) is 0. The van der Waals surface area contributed by atoms with Gasteiger partial charge in [0.15, 0.2) is 0 Å². The fourth-order valence-corrected chi connectivity index (χ4v) is 2.18. The lowest BCUT2D eigenvalue weighted by atomic mass is 9.95. The Balaban J connectivity index is 1.98. The van der Waals surface area contributed by atoms with Gasteiger partial charge >= 0.3 is 0 Å². The van der Waals surface area contributed by atoms with Gasteiger partial charge in [-0.15, -0.1) is 0 Å². The lowest BCUT2D eigenvalue weighted by Gasteiger charge is -2.34. The zero-order valence-corrected chi connectivity index (χ0v) is 11.0. The maximum Gasteiger partial charge on any atom is 0.122 e. The molecule has 0 saturated carbocycles. The van der Waals surface area contributed by atoms with E-state index in [1.54, 1.807) is 0 Å². The molecule has 1 aromatic rings. The second kappa shape index (κ2) is 4.26. The molecule has 1 aliphatic heterocycles. The summed E-state index contributed by atoms with van der Waals surface area (Å²) in [6.07, 6.45) is 3.97. The zero-order chi connectivity index (χ0) is 10.9. The molecule has 15 heavy (non-hydrogen) atoms. The third-order valence-electron chi connectivity index (χ3n) is 2.84. The van der Waals surface area contributed by atoms with E-state index in [0.717, 1.165) is 31.5 Å². The van der Waals surface area contributed by atoms with E-state index in [2.05, 4.69) is 50.4 Å². The molecular formula is C11H18BrN3. The number of hydrogen-bond acceptors (Lipinski definition) is 2. The average molecular weight is 272 g/mol. The predicted octanol–water partition coefficient (Wildman–Crippen LogP) is 2.12. The molecule has 2 rings (SSSR count). The van der Waals surface area contributed by atoms with Crippen molar-refractivity contribution in [2.24, 2.45) is 5.41 Å². The Kier molecular flexibility index (Phi) is 3.16. The topological polar surface area (TPSA) is 21.1 Å². The van der Waals surface area contributed by atoms with Gasteiger partial charge in [-0.1, -0.05) is 29.8 Å². The maximum absolute atomic E-state index is 4.37. The first-order chi connectivity index (χ1) is 7.11. The average Bonchev–Trinajstić information content (AvgIpc) is 2.64. The van der Waals surface area contributed by atoms with Crippen molar-refractivity contribution in [3.8, 4) is 0 Å². The summed E-state index contributed by atoms with van der Waals surface area (Å²) in [5.74, 6) is 1.20. The summed E-state index contributed by atoms with van der Waals surface area (Å²) >= 11 is 3.57. The summed E-state index contributed by atoms with van der Waals surface area (Å²) in [6, 6.07) is 0. The Labute approximate surface area is 99.6 Å². The summed E-state index contributed by atoms with van der Waals surface area (Å²) < 4.78 is 2.25. The van der Waals surface area contributed by atoms with Crippen molar-refractivity contribution < 1.29 is 0 Å². The normalized spacial score (nSPS) is 17.8. The minimum absolute atomic E-state index is 0.342. The van der Waals surface area contributed by atoms with Gasteiger partial charge in [-0.05, 0) is 5.41 Å². The molecule has 0 spiro atoms. The van der Waals surface area contributed by atoms with E-state index in [0.29, 0.717) is 5.41 Å². The molecule has 0 aromatic carbocycles. The molecule has 0 unspecified atom stereocenters. The molecule has 0 radical (unpaired) electrons. The monoisotopic (exact) mass is 271 g/mol. The Morgan fingerprint density at radius 2 is 2.27 bits per heavy atom. The number of fused-ring (bicyclic) bond motifs is 1. The summed E-state index contributed by atoms with van der Waals surface area (Å²) in [4.78, 5) is 6.86. The Morgan fingerprint density at radius 1 is 1.47 bits per heavy atom. The molecule has 1 aliphatic rings. The van der Waals surface area contributed by atoms with E-state index in [9.17, 15) is 0 Å². The van der Waals surface area contributed by atoms with Crippen LogP contribution in [0.3, 0.4) is 0 Å². The van der Waals surface area contributed by atoms with Crippen molar-refractivity contribution >= 4 is 15.9 Å². The van der Waals surface area contributed by atoms with Crippen molar-refractivity contribution in [3.63, 3.8) is 0 Å². The van der Waals surface area contributed by atoms with Gasteiger partial charge in [0.25, 0.3) is 0 Å². The van der Waals surface area contributed by atoms with Crippen molar-refractivity contribution in [2.45, 2.75) is 26.9 Å². The van der Waals surface area contributed by atoms with Gasteiger partial charge in [-0.2, -0.15) is 0 Å². The number of rotatable bonds is 3. The summed E-state index contributed by atoms with van der Waals surface area (Å²) in [7, 11) is 0. The van der Waals surface area contributed by atoms with Crippen LogP contribution in [0, 0.1) is 5.41 Å². The molecule has 0 amide bonds. The van der Waals surface area contributed by atoms with E-state index in [1.807, 2.05) is 6.20 Å². The van der Waals surface area contributed by atoms with Gasteiger partial charge in [0.05, 0.1) is 6.54 Å². The summed E-state index contributed by atoms with van der Waals surface area (Å²) in [5.41, 5.74) is 0.342. The fraction of sp³-hybridized carbons (Fsp3) is 0.727. The molecule has 0 atom stereocenters. The Bertz CT molecular complexity index is 332. The van der Waals surface area contributed by atoms with Crippen LogP contribution in [0.5, 0.6) is 0 Å². The van der Waals surface area contributed by atoms with Crippen LogP contribution in [0.4, 0.5) is 0 Å². The zero-order valence-electron chi connectivity index (χ0n) is 9.41. The minimum atomic E-state index is 0.342. The molecule has 1 aromatic heterocycles. The highest BCUT2D eigenvalue weighted by Crippen LogP contribution is 2.22. The predicted molar refractivity (Wildman–Crippen MR) is 65.1 cm³/mol. The molecule has 2 heterocycles.